The number of rotatable bonds is 6. The summed E-state index contributed by atoms with van der Waals surface area (Å²) in [6, 6.07) is 12.7. The van der Waals surface area contributed by atoms with E-state index in [1.165, 1.54) is 20.7 Å². The zero-order valence-electron chi connectivity index (χ0n) is 15.2. The second-order valence-electron chi connectivity index (χ2n) is 6.64. The number of fused-ring (bicyclic) bond motifs is 1. The number of nitrogens with zero attached hydrogens (tertiary/aromatic N) is 2. The Morgan fingerprint density at radius 3 is 2.27 bits per heavy atom. The molecule has 1 aliphatic heterocycles. The highest BCUT2D eigenvalue weighted by molar-refractivity contribution is 7.94. The maximum Gasteiger partial charge on any atom is 0.327 e. The molecule has 0 spiro atoms. The lowest BCUT2D eigenvalue weighted by Gasteiger charge is -2.31. The van der Waals surface area contributed by atoms with Gasteiger partial charge in [-0.25, -0.2) is 13.0 Å². The van der Waals surface area contributed by atoms with E-state index < -0.39 is 16.3 Å². The van der Waals surface area contributed by atoms with Gasteiger partial charge in [-0.15, -0.1) is 0 Å². The SMILES string of the molecule is CNCCC(c1cccc(F)c1)N1c2ccccc2N(C(C)C)S1(=O)=O. The van der Waals surface area contributed by atoms with Crippen molar-refractivity contribution in [1.82, 2.24) is 5.32 Å². The molecule has 0 radical (unpaired) electrons. The number of halogens is 1. The molecule has 0 fully saturated rings. The van der Waals surface area contributed by atoms with Gasteiger partial charge in [-0.3, -0.25) is 0 Å². The molecule has 5 nitrogen and oxygen atoms in total. The number of hydrogen-bond acceptors (Lipinski definition) is 3. The van der Waals surface area contributed by atoms with Gasteiger partial charge in [0, 0.05) is 6.04 Å². The zero-order valence-corrected chi connectivity index (χ0v) is 16.0. The molecule has 0 aromatic heterocycles. The molecule has 1 unspecified atom stereocenters. The van der Waals surface area contributed by atoms with E-state index in [-0.39, 0.29) is 11.9 Å². The van der Waals surface area contributed by atoms with Crippen molar-refractivity contribution in [3.63, 3.8) is 0 Å². The van der Waals surface area contributed by atoms with Crippen LogP contribution in [0.15, 0.2) is 48.5 Å². The van der Waals surface area contributed by atoms with Crippen LogP contribution in [0.2, 0.25) is 0 Å². The third kappa shape index (κ3) is 3.17. The van der Waals surface area contributed by atoms with Crippen LogP contribution in [0, 0.1) is 5.82 Å². The lowest BCUT2D eigenvalue weighted by atomic mass is 10.0. The predicted octanol–water partition coefficient (Wildman–Crippen LogP) is 3.46. The molecule has 1 heterocycles. The van der Waals surface area contributed by atoms with Crippen LogP contribution < -0.4 is 13.9 Å². The summed E-state index contributed by atoms with van der Waals surface area (Å²) in [5, 5.41) is 3.06. The molecule has 0 saturated heterocycles. The Bertz CT molecular complexity index is 886. The minimum atomic E-state index is -3.76. The predicted molar refractivity (Wildman–Crippen MR) is 103 cm³/mol. The van der Waals surface area contributed by atoms with E-state index in [2.05, 4.69) is 5.32 Å². The smallest absolute Gasteiger partial charge is 0.320 e. The van der Waals surface area contributed by atoms with Crippen LogP contribution >= 0.6 is 0 Å². The molecule has 2 aromatic rings. The Balaban J connectivity index is 2.16. The highest BCUT2D eigenvalue weighted by atomic mass is 32.2. The standard InChI is InChI=1S/C19H24FN3O2S/c1-14(2)22-18-9-4-5-10-19(18)23(26(22,24)25)17(11-12-21-3)15-7-6-8-16(20)13-15/h4-10,13-14,17,21H,11-12H2,1-3H3. The lowest BCUT2D eigenvalue weighted by molar-refractivity contribution is 0.555. The first-order chi connectivity index (χ1) is 12.4. The number of nitrogens with one attached hydrogen (secondary N) is 1. The maximum absolute atomic E-state index is 13.8. The van der Waals surface area contributed by atoms with Crippen molar-refractivity contribution in [2.75, 3.05) is 22.2 Å². The Morgan fingerprint density at radius 1 is 1.04 bits per heavy atom. The van der Waals surface area contributed by atoms with Crippen molar-refractivity contribution in [1.29, 1.82) is 0 Å². The van der Waals surface area contributed by atoms with Gasteiger partial charge in [0.2, 0.25) is 0 Å². The summed E-state index contributed by atoms with van der Waals surface area (Å²) in [5.41, 5.74) is 1.93. The molecular weight excluding hydrogens is 353 g/mol. The first-order valence-electron chi connectivity index (χ1n) is 8.70. The monoisotopic (exact) mass is 377 g/mol. The van der Waals surface area contributed by atoms with E-state index in [1.54, 1.807) is 18.2 Å². The highest BCUT2D eigenvalue weighted by Gasteiger charge is 2.45. The summed E-state index contributed by atoms with van der Waals surface area (Å²) >= 11 is 0. The largest absolute Gasteiger partial charge is 0.327 e. The first kappa shape index (κ1) is 18.7. The molecular formula is C19H24FN3O2S. The molecule has 140 valence electrons. The maximum atomic E-state index is 13.8. The fourth-order valence-corrected chi connectivity index (χ4v) is 5.54. The van der Waals surface area contributed by atoms with Crippen LogP contribution in [-0.2, 0) is 10.2 Å². The van der Waals surface area contributed by atoms with Crippen LogP contribution in [0.1, 0.15) is 31.9 Å². The minimum absolute atomic E-state index is 0.219. The van der Waals surface area contributed by atoms with Gasteiger partial charge in [0.25, 0.3) is 0 Å². The molecule has 0 saturated carbocycles. The number of hydrogen-bond donors (Lipinski definition) is 1. The summed E-state index contributed by atoms with van der Waals surface area (Å²) in [6.45, 7) is 4.31. The quantitative estimate of drug-likeness (QED) is 0.839. The van der Waals surface area contributed by atoms with Crippen LogP contribution in [0.3, 0.4) is 0 Å². The van der Waals surface area contributed by atoms with Gasteiger partial charge in [-0.1, -0.05) is 24.3 Å². The third-order valence-corrected chi connectivity index (χ3v) is 6.57. The topological polar surface area (TPSA) is 52.6 Å². The minimum Gasteiger partial charge on any atom is -0.320 e. The van der Waals surface area contributed by atoms with Gasteiger partial charge >= 0.3 is 10.2 Å². The highest BCUT2D eigenvalue weighted by Crippen LogP contribution is 2.47. The van der Waals surface area contributed by atoms with Gasteiger partial charge in [-0.2, -0.15) is 8.42 Å². The molecule has 1 atom stereocenters. The second kappa shape index (κ2) is 7.25. The van der Waals surface area contributed by atoms with E-state index in [4.69, 9.17) is 0 Å². The third-order valence-electron chi connectivity index (χ3n) is 4.51. The van der Waals surface area contributed by atoms with Gasteiger partial charge in [0.1, 0.15) is 5.82 Å². The average Bonchev–Trinajstić information content (AvgIpc) is 2.82. The number of anilines is 2. The molecule has 7 heteroatoms. The number of para-hydroxylation sites is 2. The van der Waals surface area contributed by atoms with E-state index in [0.717, 1.165) is 0 Å². The average molecular weight is 377 g/mol. The van der Waals surface area contributed by atoms with Crippen LogP contribution in [0.4, 0.5) is 15.8 Å². The molecule has 1 N–H and O–H groups in total. The molecule has 0 aliphatic carbocycles. The van der Waals surface area contributed by atoms with Crippen molar-refractivity contribution < 1.29 is 12.8 Å². The Morgan fingerprint density at radius 2 is 1.69 bits per heavy atom. The van der Waals surface area contributed by atoms with Crippen molar-refractivity contribution in [3.8, 4) is 0 Å². The van der Waals surface area contributed by atoms with Gasteiger partial charge in [-0.05, 0) is 63.7 Å². The Labute approximate surface area is 154 Å². The molecule has 26 heavy (non-hydrogen) atoms. The first-order valence-corrected chi connectivity index (χ1v) is 10.1. The molecule has 1 aliphatic rings. The zero-order chi connectivity index (χ0) is 18.9. The molecule has 2 aromatic carbocycles. The summed E-state index contributed by atoms with van der Waals surface area (Å²) in [5.74, 6) is -0.373. The Kier molecular flexibility index (Phi) is 5.20. The summed E-state index contributed by atoms with van der Waals surface area (Å²) in [7, 11) is -1.95. The van der Waals surface area contributed by atoms with Crippen molar-refractivity contribution in [3.05, 3.63) is 59.9 Å². The van der Waals surface area contributed by atoms with Gasteiger partial charge in [0.15, 0.2) is 0 Å². The number of benzene rings is 2. The van der Waals surface area contributed by atoms with Crippen molar-refractivity contribution in [2.24, 2.45) is 0 Å². The normalized spacial score (nSPS) is 16.8. The molecule has 0 amide bonds. The van der Waals surface area contributed by atoms with E-state index >= 15 is 0 Å². The lowest BCUT2D eigenvalue weighted by Crippen LogP contribution is -2.43. The fourth-order valence-electron chi connectivity index (χ4n) is 3.47. The summed E-state index contributed by atoms with van der Waals surface area (Å²) < 4.78 is 43.5. The van der Waals surface area contributed by atoms with Crippen LogP contribution in [0.25, 0.3) is 0 Å². The van der Waals surface area contributed by atoms with Crippen molar-refractivity contribution in [2.45, 2.75) is 32.4 Å². The summed E-state index contributed by atoms with van der Waals surface area (Å²) in [6.07, 6.45) is 0.527. The molecule has 3 rings (SSSR count). The van der Waals surface area contributed by atoms with Crippen molar-refractivity contribution >= 4 is 21.6 Å². The molecule has 0 bridgehead atoms. The summed E-state index contributed by atoms with van der Waals surface area (Å²) in [4.78, 5) is 0. The van der Waals surface area contributed by atoms with Gasteiger partial charge < -0.3 is 5.32 Å². The fraction of sp³-hybridized carbons (Fsp3) is 0.368. The van der Waals surface area contributed by atoms with E-state index in [9.17, 15) is 12.8 Å². The van der Waals surface area contributed by atoms with Crippen LogP contribution in [-0.4, -0.2) is 28.1 Å². The second-order valence-corrected chi connectivity index (χ2v) is 8.33. The van der Waals surface area contributed by atoms with E-state index in [1.807, 2.05) is 39.1 Å². The Hall–Kier alpha value is -2.12. The van der Waals surface area contributed by atoms with Crippen LogP contribution in [0.5, 0.6) is 0 Å². The van der Waals surface area contributed by atoms with E-state index in [0.29, 0.717) is 29.9 Å². The van der Waals surface area contributed by atoms with Gasteiger partial charge in [0.05, 0.1) is 17.4 Å².